The van der Waals surface area contributed by atoms with Gasteiger partial charge in [-0.3, -0.25) is 4.84 Å². The van der Waals surface area contributed by atoms with Crippen LogP contribution in [0.15, 0.2) is 0 Å². The largest absolute Gasteiger partial charge is 0.300 e. The van der Waals surface area contributed by atoms with Crippen molar-refractivity contribution in [2.24, 2.45) is 5.92 Å². The van der Waals surface area contributed by atoms with Gasteiger partial charge < -0.3 is 4.79 Å². The lowest BCUT2D eigenvalue weighted by Gasteiger charge is -2.12. The molecule has 0 amide bonds. The fraction of sp³-hybridized carbons (Fsp3) is 0.900. The normalized spacial score (nSPS) is 13.2. The first-order chi connectivity index (χ1) is 6.20. The Morgan fingerprint density at radius 2 is 2.15 bits per heavy atom. The molecule has 13 heavy (non-hydrogen) atoms. The molecule has 1 unspecified atom stereocenters. The topological polar surface area (TPSA) is 38.3 Å². The van der Waals surface area contributed by atoms with E-state index >= 15 is 0 Å². The molecule has 0 aromatic heterocycles. The van der Waals surface area contributed by atoms with Gasteiger partial charge in [0, 0.05) is 6.54 Å². The van der Waals surface area contributed by atoms with Gasteiger partial charge in [-0.2, -0.15) is 0 Å². The van der Waals surface area contributed by atoms with Gasteiger partial charge in [0.2, 0.25) is 0 Å². The molecule has 0 heterocycles. The molecule has 1 atom stereocenters. The van der Waals surface area contributed by atoms with Gasteiger partial charge in [0.1, 0.15) is 6.10 Å². The van der Waals surface area contributed by atoms with Crippen LogP contribution in [0.5, 0.6) is 0 Å². The summed E-state index contributed by atoms with van der Waals surface area (Å²) in [6, 6.07) is 0. The van der Waals surface area contributed by atoms with Crippen molar-refractivity contribution in [2.45, 2.75) is 46.1 Å². The van der Waals surface area contributed by atoms with Crippen LogP contribution in [0.4, 0.5) is 0 Å². The Morgan fingerprint density at radius 3 is 2.62 bits per heavy atom. The summed E-state index contributed by atoms with van der Waals surface area (Å²) in [5, 5.41) is 0. The molecule has 0 aromatic rings. The fourth-order valence-electron chi connectivity index (χ4n) is 0.882. The van der Waals surface area contributed by atoms with E-state index in [1.807, 2.05) is 0 Å². The van der Waals surface area contributed by atoms with Crippen molar-refractivity contribution < 1.29 is 9.63 Å². The summed E-state index contributed by atoms with van der Waals surface area (Å²) in [6.07, 6.45) is 3.53. The van der Waals surface area contributed by atoms with E-state index in [2.05, 4.69) is 26.3 Å². The van der Waals surface area contributed by atoms with Crippen molar-refractivity contribution in [3.63, 3.8) is 0 Å². The zero-order valence-electron chi connectivity index (χ0n) is 8.88. The molecule has 0 spiro atoms. The number of hydroxylamine groups is 1. The zero-order valence-corrected chi connectivity index (χ0v) is 8.88. The summed E-state index contributed by atoms with van der Waals surface area (Å²) in [7, 11) is 0. The van der Waals surface area contributed by atoms with Gasteiger partial charge in [-0.25, -0.2) is 5.48 Å². The van der Waals surface area contributed by atoms with E-state index < -0.39 is 0 Å². The summed E-state index contributed by atoms with van der Waals surface area (Å²) >= 11 is 0. The Labute approximate surface area is 80.8 Å². The van der Waals surface area contributed by atoms with Gasteiger partial charge in [-0.05, 0) is 12.3 Å². The lowest BCUT2D eigenvalue weighted by Crippen LogP contribution is -2.28. The predicted octanol–water partition coefficient (Wildman–Crippen LogP) is 1.92. The smallest absolute Gasteiger partial charge is 0.150 e. The molecule has 0 fully saturated rings. The standard InChI is InChI=1S/C10H21NO2/c1-4-5-6-10(8-12)13-11-7-9(2)3/h8-11H,4-7H2,1-3H3. The Kier molecular flexibility index (Phi) is 7.94. The maximum atomic E-state index is 10.5. The molecule has 0 rings (SSSR count). The third kappa shape index (κ3) is 7.94. The maximum absolute atomic E-state index is 10.5. The van der Waals surface area contributed by atoms with Crippen LogP contribution in [0.1, 0.15) is 40.0 Å². The number of carbonyl (C=O) groups excluding carboxylic acids is 1. The number of aldehydes is 1. The molecule has 0 saturated heterocycles. The molecule has 0 aliphatic carbocycles. The molecule has 0 aromatic carbocycles. The van der Waals surface area contributed by atoms with Crippen LogP contribution in [-0.2, 0) is 9.63 Å². The third-order valence-electron chi connectivity index (χ3n) is 1.72. The van der Waals surface area contributed by atoms with Crippen molar-refractivity contribution >= 4 is 6.29 Å². The second-order valence-electron chi connectivity index (χ2n) is 3.68. The molecule has 0 aliphatic rings. The molecule has 3 nitrogen and oxygen atoms in total. The van der Waals surface area contributed by atoms with Gasteiger partial charge in [0.15, 0.2) is 6.29 Å². The highest BCUT2D eigenvalue weighted by Gasteiger charge is 2.06. The summed E-state index contributed by atoms with van der Waals surface area (Å²) in [6.45, 7) is 7.08. The number of carbonyl (C=O) groups is 1. The summed E-state index contributed by atoms with van der Waals surface area (Å²) in [5.41, 5.74) is 2.81. The Hall–Kier alpha value is -0.410. The molecule has 78 valence electrons. The maximum Gasteiger partial charge on any atom is 0.150 e. The number of nitrogens with one attached hydrogen (secondary N) is 1. The fourth-order valence-corrected chi connectivity index (χ4v) is 0.882. The van der Waals surface area contributed by atoms with Crippen LogP contribution in [-0.4, -0.2) is 18.9 Å². The van der Waals surface area contributed by atoms with Gasteiger partial charge >= 0.3 is 0 Å². The highest BCUT2D eigenvalue weighted by molar-refractivity contribution is 5.55. The van der Waals surface area contributed by atoms with Crippen molar-refractivity contribution in [2.75, 3.05) is 6.54 Å². The molecule has 0 saturated carbocycles. The van der Waals surface area contributed by atoms with Crippen LogP contribution < -0.4 is 5.48 Å². The lowest BCUT2D eigenvalue weighted by atomic mass is 10.2. The molecule has 3 heteroatoms. The monoisotopic (exact) mass is 187 g/mol. The Morgan fingerprint density at radius 1 is 1.46 bits per heavy atom. The molecule has 0 radical (unpaired) electrons. The van der Waals surface area contributed by atoms with E-state index in [0.717, 1.165) is 32.1 Å². The SMILES string of the molecule is CCCCC(C=O)ONCC(C)C. The van der Waals surface area contributed by atoms with Crippen LogP contribution in [0.25, 0.3) is 0 Å². The summed E-state index contributed by atoms with van der Waals surface area (Å²) < 4.78 is 0. The average molecular weight is 187 g/mol. The van der Waals surface area contributed by atoms with Gasteiger partial charge in [0.25, 0.3) is 0 Å². The van der Waals surface area contributed by atoms with E-state index in [4.69, 9.17) is 4.84 Å². The van der Waals surface area contributed by atoms with Crippen molar-refractivity contribution in [3.05, 3.63) is 0 Å². The van der Waals surface area contributed by atoms with Crippen molar-refractivity contribution in [3.8, 4) is 0 Å². The minimum absolute atomic E-state index is 0.279. The zero-order chi connectivity index (χ0) is 10.1. The first kappa shape index (κ1) is 12.6. The van der Waals surface area contributed by atoms with E-state index in [-0.39, 0.29) is 6.10 Å². The second kappa shape index (κ2) is 8.20. The van der Waals surface area contributed by atoms with Crippen LogP contribution in [0, 0.1) is 5.92 Å². The minimum atomic E-state index is -0.279. The van der Waals surface area contributed by atoms with E-state index in [0.29, 0.717) is 5.92 Å². The molecule has 0 bridgehead atoms. The summed E-state index contributed by atoms with van der Waals surface area (Å²) in [4.78, 5) is 15.7. The summed E-state index contributed by atoms with van der Waals surface area (Å²) in [5.74, 6) is 0.540. The quantitative estimate of drug-likeness (QED) is 0.466. The number of hydrogen-bond donors (Lipinski definition) is 1. The minimum Gasteiger partial charge on any atom is -0.300 e. The highest BCUT2D eigenvalue weighted by atomic mass is 16.7. The first-order valence-electron chi connectivity index (χ1n) is 5.04. The first-order valence-corrected chi connectivity index (χ1v) is 5.04. The lowest BCUT2D eigenvalue weighted by molar-refractivity contribution is -0.124. The molecule has 0 aliphatic heterocycles. The Balaban J connectivity index is 3.42. The van der Waals surface area contributed by atoms with Crippen LogP contribution >= 0.6 is 0 Å². The predicted molar refractivity (Wildman–Crippen MR) is 53.3 cm³/mol. The molecular formula is C10H21NO2. The van der Waals surface area contributed by atoms with E-state index in [1.54, 1.807) is 0 Å². The molecule has 1 N–H and O–H groups in total. The van der Waals surface area contributed by atoms with Gasteiger partial charge in [-0.1, -0.05) is 33.6 Å². The third-order valence-corrected chi connectivity index (χ3v) is 1.72. The number of rotatable bonds is 8. The van der Waals surface area contributed by atoms with Crippen molar-refractivity contribution in [1.29, 1.82) is 0 Å². The average Bonchev–Trinajstić information content (AvgIpc) is 2.10. The molecular weight excluding hydrogens is 166 g/mol. The van der Waals surface area contributed by atoms with Crippen LogP contribution in [0.2, 0.25) is 0 Å². The number of unbranched alkanes of at least 4 members (excludes halogenated alkanes) is 1. The number of hydrogen-bond acceptors (Lipinski definition) is 3. The highest BCUT2D eigenvalue weighted by Crippen LogP contribution is 2.01. The van der Waals surface area contributed by atoms with Gasteiger partial charge in [0.05, 0.1) is 0 Å². The second-order valence-corrected chi connectivity index (χ2v) is 3.68. The Bertz CT molecular complexity index is 126. The van der Waals surface area contributed by atoms with Gasteiger partial charge in [-0.15, -0.1) is 0 Å². The van der Waals surface area contributed by atoms with E-state index in [9.17, 15) is 4.79 Å². The van der Waals surface area contributed by atoms with E-state index in [1.165, 1.54) is 0 Å². The van der Waals surface area contributed by atoms with Crippen molar-refractivity contribution in [1.82, 2.24) is 5.48 Å². The van der Waals surface area contributed by atoms with Crippen LogP contribution in [0.3, 0.4) is 0 Å².